The van der Waals surface area contributed by atoms with Crippen LogP contribution in [0.3, 0.4) is 0 Å². The van der Waals surface area contributed by atoms with Gasteiger partial charge in [-0.2, -0.15) is 0 Å². The largest absolute Gasteiger partial charge is 0.481 e. The molecule has 1 aromatic rings. The van der Waals surface area contributed by atoms with Gasteiger partial charge < -0.3 is 15.3 Å². The number of nitrogens with one attached hydrogen (secondary N) is 1. The predicted molar refractivity (Wildman–Crippen MR) is 99.0 cm³/mol. The van der Waals surface area contributed by atoms with E-state index in [4.69, 9.17) is 5.11 Å². The number of carboxylic acids is 1. The molecule has 2 fully saturated rings. The molecule has 0 spiro atoms. The Morgan fingerprint density at radius 1 is 1.19 bits per heavy atom. The van der Waals surface area contributed by atoms with E-state index in [1.807, 2.05) is 17.0 Å². The van der Waals surface area contributed by atoms with Gasteiger partial charge in [-0.25, -0.2) is 0 Å². The van der Waals surface area contributed by atoms with Crippen molar-refractivity contribution in [1.82, 2.24) is 15.2 Å². The number of hydrogen-bond donors (Lipinski definition) is 2. The average Bonchev–Trinajstić information content (AvgIpc) is 3.07. The monoisotopic (exact) mass is 373 g/mol. The van der Waals surface area contributed by atoms with Crippen LogP contribution >= 0.6 is 0 Å². The van der Waals surface area contributed by atoms with Crippen LogP contribution in [-0.4, -0.2) is 51.4 Å². The van der Waals surface area contributed by atoms with Gasteiger partial charge in [-0.15, -0.1) is 0 Å². The van der Waals surface area contributed by atoms with Crippen LogP contribution in [0.4, 0.5) is 0 Å². The fourth-order valence-corrected chi connectivity index (χ4v) is 4.22. The van der Waals surface area contributed by atoms with E-state index in [0.717, 1.165) is 25.9 Å². The van der Waals surface area contributed by atoms with Crippen molar-refractivity contribution in [3.05, 3.63) is 30.1 Å². The Bertz CT molecular complexity index is 686. The van der Waals surface area contributed by atoms with E-state index in [2.05, 4.69) is 10.3 Å². The zero-order valence-electron chi connectivity index (χ0n) is 15.5. The predicted octanol–water partition coefficient (Wildman–Crippen LogP) is 2.08. The number of carboxylic acid groups (broad SMARTS) is 1. The second-order valence-electron chi connectivity index (χ2n) is 7.66. The summed E-state index contributed by atoms with van der Waals surface area (Å²) in [6.45, 7) is 1.47. The molecule has 3 rings (SSSR count). The first-order valence-corrected chi connectivity index (χ1v) is 9.68. The lowest BCUT2D eigenvalue weighted by molar-refractivity contribution is -0.137. The Labute approximate surface area is 159 Å². The van der Waals surface area contributed by atoms with Crippen molar-refractivity contribution in [2.45, 2.75) is 62.8 Å². The molecule has 146 valence electrons. The van der Waals surface area contributed by atoms with E-state index < -0.39 is 11.5 Å². The number of carbonyl (C=O) groups excluding carboxylic acids is 2. The Hall–Kier alpha value is -2.44. The highest BCUT2D eigenvalue weighted by atomic mass is 16.4. The third kappa shape index (κ3) is 5.05. The number of aromatic nitrogens is 1. The highest BCUT2D eigenvalue weighted by Crippen LogP contribution is 2.32. The lowest BCUT2D eigenvalue weighted by Gasteiger charge is -2.34. The smallest absolute Gasteiger partial charge is 0.303 e. The second kappa shape index (κ2) is 8.50. The van der Waals surface area contributed by atoms with Gasteiger partial charge >= 0.3 is 5.97 Å². The van der Waals surface area contributed by atoms with Crippen molar-refractivity contribution in [3.8, 4) is 0 Å². The van der Waals surface area contributed by atoms with E-state index in [1.165, 1.54) is 5.56 Å². The van der Waals surface area contributed by atoms with Gasteiger partial charge in [-0.3, -0.25) is 19.4 Å². The van der Waals surface area contributed by atoms with E-state index in [-0.39, 0.29) is 18.2 Å². The first-order valence-electron chi connectivity index (χ1n) is 9.68. The number of pyridine rings is 1. The summed E-state index contributed by atoms with van der Waals surface area (Å²) in [4.78, 5) is 41.2. The van der Waals surface area contributed by atoms with Crippen LogP contribution in [0.1, 0.15) is 62.8 Å². The van der Waals surface area contributed by atoms with Crippen LogP contribution in [0.5, 0.6) is 0 Å². The molecular formula is C20H27N3O4. The molecule has 2 amide bonds. The fraction of sp³-hybridized carbons (Fsp3) is 0.600. The van der Waals surface area contributed by atoms with Crippen LogP contribution < -0.4 is 5.32 Å². The molecule has 2 N–H and O–H groups in total. The maximum absolute atomic E-state index is 12.6. The molecule has 3 heterocycles. The number of hydrogen-bond acceptors (Lipinski definition) is 4. The molecule has 27 heavy (non-hydrogen) atoms. The van der Waals surface area contributed by atoms with Gasteiger partial charge in [-0.1, -0.05) is 0 Å². The summed E-state index contributed by atoms with van der Waals surface area (Å²) < 4.78 is 0. The van der Waals surface area contributed by atoms with E-state index >= 15 is 0 Å². The van der Waals surface area contributed by atoms with Gasteiger partial charge in [0.2, 0.25) is 11.8 Å². The summed E-state index contributed by atoms with van der Waals surface area (Å²) >= 11 is 0. The van der Waals surface area contributed by atoms with Crippen LogP contribution in [-0.2, 0) is 14.4 Å². The van der Waals surface area contributed by atoms with E-state index in [0.29, 0.717) is 38.0 Å². The van der Waals surface area contributed by atoms with Gasteiger partial charge in [0.25, 0.3) is 0 Å². The fourth-order valence-electron chi connectivity index (χ4n) is 4.22. The van der Waals surface area contributed by atoms with Gasteiger partial charge in [0.1, 0.15) is 0 Å². The molecule has 7 nitrogen and oxygen atoms in total. The second-order valence-corrected chi connectivity index (χ2v) is 7.66. The Morgan fingerprint density at radius 2 is 1.85 bits per heavy atom. The van der Waals surface area contributed by atoms with Crippen molar-refractivity contribution in [2.75, 3.05) is 13.1 Å². The number of likely N-dealkylation sites (tertiary alicyclic amines) is 1. The van der Waals surface area contributed by atoms with E-state index in [9.17, 15) is 14.4 Å². The highest BCUT2D eigenvalue weighted by molar-refractivity contribution is 5.80. The van der Waals surface area contributed by atoms with Crippen LogP contribution in [0.25, 0.3) is 0 Å². The summed E-state index contributed by atoms with van der Waals surface area (Å²) in [6, 6.07) is 4.08. The molecule has 0 saturated carbocycles. The molecule has 1 aromatic heterocycles. The van der Waals surface area contributed by atoms with Gasteiger partial charge in [0, 0.05) is 50.3 Å². The number of piperidine rings is 1. The normalized spacial score (nSPS) is 23.3. The van der Waals surface area contributed by atoms with Gasteiger partial charge in [-0.05, 0) is 55.7 Å². The lowest BCUT2D eigenvalue weighted by atomic mass is 9.86. The SMILES string of the molecule is O=C(O)CC[C@]1(CCC(=O)N2CCC(c3ccncc3)CC2)CCC(=O)N1. The molecule has 1 atom stereocenters. The minimum atomic E-state index is -0.875. The van der Waals surface area contributed by atoms with Crippen molar-refractivity contribution >= 4 is 17.8 Å². The zero-order valence-corrected chi connectivity index (χ0v) is 15.5. The third-order valence-corrected chi connectivity index (χ3v) is 5.90. The van der Waals surface area contributed by atoms with Crippen molar-refractivity contribution in [3.63, 3.8) is 0 Å². The molecule has 2 aliphatic rings. The Balaban J connectivity index is 1.50. The third-order valence-electron chi connectivity index (χ3n) is 5.90. The topological polar surface area (TPSA) is 99.6 Å². The number of rotatable bonds is 7. The van der Waals surface area contributed by atoms with Crippen LogP contribution in [0.15, 0.2) is 24.5 Å². The number of aliphatic carboxylic acids is 1. The zero-order chi connectivity index (χ0) is 19.3. The van der Waals surface area contributed by atoms with E-state index in [1.54, 1.807) is 12.4 Å². The molecule has 2 saturated heterocycles. The Kier molecular flexibility index (Phi) is 6.08. The summed E-state index contributed by atoms with van der Waals surface area (Å²) in [5.41, 5.74) is 0.735. The van der Waals surface area contributed by atoms with Crippen molar-refractivity contribution < 1.29 is 19.5 Å². The molecule has 0 aromatic carbocycles. The summed E-state index contributed by atoms with van der Waals surface area (Å²) in [6.07, 6.45) is 7.75. The molecule has 2 aliphatic heterocycles. The maximum Gasteiger partial charge on any atom is 0.303 e. The molecule has 0 aliphatic carbocycles. The molecule has 0 bridgehead atoms. The Morgan fingerprint density at radius 3 is 2.44 bits per heavy atom. The van der Waals surface area contributed by atoms with Crippen LogP contribution in [0, 0.1) is 0 Å². The lowest BCUT2D eigenvalue weighted by Crippen LogP contribution is -2.44. The molecule has 7 heteroatoms. The quantitative estimate of drug-likeness (QED) is 0.762. The number of amides is 2. The summed E-state index contributed by atoms with van der Waals surface area (Å²) in [5, 5.41) is 11.9. The first kappa shape index (κ1) is 19.3. The van der Waals surface area contributed by atoms with Crippen LogP contribution in [0.2, 0.25) is 0 Å². The maximum atomic E-state index is 12.6. The standard InChI is InChI=1S/C20H27N3O4/c24-17-1-8-20(22-17,10-3-19(26)27)9-2-18(25)23-13-6-16(7-14-23)15-4-11-21-12-5-15/h4-5,11-12,16H,1-3,6-10,13-14H2,(H,22,24)(H,26,27)/t20-/m1/s1. The average molecular weight is 373 g/mol. The van der Waals surface area contributed by atoms with Gasteiger partial charge in [0.15, 0.2) is 0 Å². The van der Waals surface area contributed by atoms with Crippen molar-refractivity contribution in [2.24, 2.45) is 0 Å². The minimum Gasteiger partial charge on any atom is -0.481 e. The molecule has 0 radical (unpaired) electrons. The van der Waals surface area contributed by atoms with Gasteiger partial charge in [0.05, 0.1) is 0 Å². The molecule has 0 unspecified atom stereocenters. The summed E-state index contributed by atoms with van der Waals surface area (Å²) in [7, 11) is 0. The van der Waals surface area contributed by atoms with Crippen molar-refractivity contribution in [1.29, 1.82) is 0 Å². The number of carbonyl (C=O) groups is 3. The first-order chi connectivity index (χ1) is 13.0. The number of nitrogens with zero attached hydrogens (tertiary/aromatic N) is 2. The highest BCUT2D eigenvalue weighted by Gasteiger charge is 2.38. The molecular weight excluding hydrogens is 346 g/mol. The minimum absolute atomic E-state index is 0.00575. The summed E-state index contributed by atoms with van der Waals surface area (Å²) in [5.74, 6) is -0.363.